The van der Waals surface area contributed by atoms with Crippen LogP contribution >= 0.6 is 0 Å². The van der Waals surface area contributed by atoms with Gasteiger partial charge in [-0.3, -0.25) is 9.78 Å². The summed E-state index contributed by atoms with van der Waals surface area (Å²) in [5.41, 5.74) is -1.32. The number of hydrogen-bond donors (Lipinski definition) is 0. The number of benzene rings is 1. The molecule has 2 aromatic rings. The van der Waals surface area contributed by atoms with Crippen LogP contribution in [-0.2, 0) is 6.18 Å². The summed E-state index contributed by atoms with van der Waals surface area (Å²) < 4.78 is 51.8. The van der Waals surface area contributed by atoms with Gasteiger partial charge in [-0.15, -0.1) is 0 Å². The van der Waals surface area contributed by atoms with Gasteiger partial charge < -0.3 is 0 Å². The van der Waals surface area contributed by atoms with E-state index in [0.29, 0.717) is 6.29 Å². The van der Waals surface area contributed by atoms with Gasteiger partial charge in [0.05, 0.1) is 11.1 Å². The van der Waals surface area contributed by atoms with E-state index in [1.807, 2.05) is 0 Å². The summed E-state index contributed by atoms with van der Waals surface area (Å²) in [6.45, 7) is 0. The summed E-state index contributed by atoms with van der Waals surface area (Å²) in [7, 11) is 0. The molecule has 2 rings (SSSR count). The highest BCUT2D eigenvalue weighted by molar-refractivity contribution is 5.78. The molecule has 19 heavy (non-hydrogen) atoms. The van der Waals surface area contributed by atoms with Gasteiger partial charge in [-0.25, -0.2) is 4.39 Å². The van der Waals surface area contributed by atoms with Crippen LogP contribution in [0.1, 0.15) is 15.9 Å². The second kappa shape index (κ2) is 4.79. The number of rotatable bonds is 2. The molecule has 0 atom stereocenters. The Morgan fingerprint density at radius 1 is 1.16 bits per heavy atom. The molecule has 1 aromatic carbocycles. The number of carbonyl (C=O) groups is 1. The quantitative estimate of drug-likeness (QED) is 0.614. The fourth-order valence-electron chi connectivity index (χ4n) is 1.66. The van der Waals surface area contributed by atoms with Crippen molar-refractivity contribution in [1.29, 1.82) is 0 Å². The molecular weight excluding hydrogens is 262 g/mol. The van der Waals surface area contributed by atoms with Crippen molar-refractivity contribution in [2.45, 2.75) is 6.18 Å². The molecule has 1 heterocycles. The zero-order chi connectivity index (χ0) is 14.0. The number of halogens is 4. The van der Waals surface area contributed by atoms with Crippen molar-refractivity contribution in [3.8, 4) is 11.1 Å². The van der Waals surface area contributed by atoms with E-state index in [1.54, 1.807) is 0 Å². The van der Waals surface area contributed by atoms with Gasteiger partial charge in [-0.1, -0.05) is 6.07 Å². The normalized spacial score (nSPS) is 11.4. The van der Waals surface area contributed by atoms with Gasteiger partial charge in [0.15, 0.2) is 6.29 Å². The number of carbonyl (C=O) groups excluding carboxylic acids is 1. The highest BCUT2D eigenvalue weighted by Gasteiger charge is 2.33. The minimum atomic E-state index is -4.56. The van der Waals surface area contributed by atoms with E-state index in [0.717, 1.165) is 30.6 Å². The molecule has 0 radical (unpaired) electrons. The molecule has 0 aliphatic carbocycles. The molecule has 1 aromatic heterocycles. The maximum absolute atomic E-state index is 13.4. The maximum atomic E-state index is 13.4. The largest absolute Gasteiger partial charge is 0.417 e. The van der Waals surface area contributed by atoms with Crippen LogP contribution in [0.3, 0.4) is 0 Å². The predicted molar refractivity (Wildman–Crippen MR) is 60.0 cm³/mol. The molecule has 0 aliphatic heterocycles. The number of nitrogens with zero attached hydrogens (tertiary/aromatic N) is 1. The first kappa shape index (κ1) is 13.2. The average molecular weight is 269 g/mol. The van der Waals surface area contributed by atoms with Crippen molar-refractivity contribution < 1.29 is 22.4 Å². The zero-order valence-electron chi connectivity index (χ0n) is 9.41. The molecule has 6 heteroatoms. The van der Waals surface area contributed by atoms with Crippen LogP contribution in [-0.4, -0.2) is 11.3 Å². The van der Waals surface area contributed by atoms with E-state index in [2.05, 4.69) is 4.98 Å². The Morgan fingerprint density at radius 3 is 2.47 bits per heavy atom. The van der Waals surface area contributed by atoms with E-state index in [1.165, 1.54) is 6.07 Å². The van der Waals surface area contributed by atoms with Crippen molar-refractivity contribution in [1.82, 2.24) is 4.98 Å². The fraction of sp³-hybridized carbons (Fsp3) is 0.0769. The smallest absolute Gasteiger partial charge is 0.298 e. The molecule has 98 valence electrons. The Bertz CT molecular complexity index is 622. The third-order valence-electron chi connectivity index (χ3n) is 2.56. The monoisotopic (exact) mass is 269 g/mol. The van der Waals surface area contributed by atoms with Crippen LogP contribution in [0.5, 0.6) is 0 Å². The molecule has 0 saturated carbocycles. The first-order chi connectivity index (χ1) is 8.93. The van der Waals surface area contributed by atoms with E-state index in [-0.39, 0.29) is 16.7 Å². The van der Waals surface area contributed by atoms with Gasteiger partial charge in [0.25, 0.3) is 0 Å². The summed E-state index contributed by atoms with van der Waals surface area (Å²) in [6, 6.07) is 4.08. The Morgan fingerprint density at radius 2 is 1.89 bits per heavy atom. The van der Waals surface area contributed by atoms with Gasteiger partial charge >= 0.3 is 6.18 Å². The summed E-state index contributed by atoms with van der Waals surface area (Å²) in [5.74, 6) is -0.871. The van der Waals surface area contributed by atoms with Crippen molar-refractivity contribution >= 4 is 6.29 Å². The summed E-state index contributed by atoms with van der Waals surface area (Å²) in [5, 5.41) is 0. The SMILES string of the molecule is O=Cc1ccc(-c2cnccc2C(F)(F)F)cc1F. The highest BCUT2D eigenvalue weighted by Crippen LogP contribution is 2.36. The van der Waals surface area contributed by atoms with Crippen molar-refractivity contribution in [3.05, 3.63) is 53.6 Å². The van der Waals surface area contributed by atoms with Crippen LogP contribution in [0.15, 0.2) is 36.7 Å². The van der Waals surface area contributed by atoms with Crippen LogP contribution in [0, 0.1) is 5.82 Å². The molecule has 2 nitrogen and oxygen atoms in total. The van der Waals surface area contributed by atoms with Crippen LogP contribution < -0.4 is 0 Å². The van der Waals surface area contributed by atoms with E-state index in [4.69, 9.17) is 0 Å². The highest BCUT2D eigenvalue weighted by atomic mass is 19.4. The van der Waals surface area contributed by atoms with Gasteiger partial charge in [0.2, 0.25) is 0 Å². The van der Waals surface area contributed by atoms with E-state index in [9.17, 15) is 22.4 Å². The van der Waals surface area contributed by atoms with E-state index < -0.39 is 17.6 Å². The molecule has 0 N–H and O–H groups in total. The van der Waals surface area contributed by atoms with Crippen molar-refractivity contribution in [2.24, 2.45) is 0 Å². The second-order valence-corrected chi connectivity index (χ2v) is 3.77. The van der Waals surface area contributed by atoms with Crippen LogP contribution in [0.2, 0.25) is 0 Å². The second-order valence-electron chi connectivity index (χ2n) is 3.77. The summed E-state index contributed by atoms with van der Waals surface area (Å²) in [6.07, 6.45) is -2.23. The van der Waals surface area contributed by atoms with Crippen molar-refractivity contribution in [2.75, 3.05) is 0 Å². The minimum absolute atomic E-state index is 0.0172. The lowest BCUT2D eigenvalue weighted by molar-refractivity contribution is -0.137. The topological polar surface area (TPSA) is 30.0 Å². The molecule has 0 fully saturated rings. The fourth-order valence-corrected chi connectivity index (χ4v) is 1.66. The van der Waals surface area contributed by atoms with E-state index >= 15 is 0 Å². The molecule has 0 amide bonds. The van der Waals surface area contributed by atoms with Crippen LogP contribution in [0.4, 0.5) is 17.6 Å². The minimum Gasteiger partial charge on any atom is -0.298 e. The summed E-state index contributed by atoms with van der Waals surface area (Å²) in [4.78, 5) is 14.1. The first-order valence-electron chi connectivity index (χ1n) is 5.20. The Kier molecular flexibility index (Phi) is 3.33. The first-order valence-corrected chi connectivity index (χ1v) is 5.20. The molecule has 0 spiro atoms. The van der Waals surface area contributed by atoms with Gasteiger partial charge in [-0.05, 0) is 23.8 Å². The molecule has 0 bridgehead atoms. The van der Waals surface area contributed by atoms with Gasteiger partial charge in [0.1, 0.15) is 5.82 Å². The lowest BCUT2D eigenvalue weighted by Crippen LogP contribution is -2.07. The predicted octanol–water partition coefficient (Wildman–Crippen LogP) is 3.72. The molecule has 0 saturated heterocycles. The third kappa shape index (κ3) is 2.62. The maximum Gasteiger partial charge on any atom is 0.417 e. The number of hydrogen-bond acceptors (Lipinski definition) is 2. The Hall–Kier alpha value is -2.24. The van der Waals surface area contributed by atoms with Gasteiger partial charge in [0, 0.05) is 18.0 Å². The number of pyridine rings is 1. The number of alkyl halides is 3. The lowest BCUT2D eigenvalue weighted by atomic mass is 10.0. The Balaban J connectivity index is 2.60. The molecule has 0 unspecified atom stereocenters. The number of aldehydes is 1. The molecular formula is C13H7F4NO. The number of aromatic nitrogens is 1. The molecule has 0 aliphatic rings. The summed E-state index contributed by atoms with van der Waals surface area (Å²) >= 11 is 0. The van der Waals surface area contributed by atoms with Crippen LogP contribution in [0.25, 0.3) is 11.1 Å². The third-order valence-corrected chi connectivity index (χ3v) is 2.56. The standard InChI is InChI=1S/C13H7F4NO/c14-12-5-8(1-2-9(12)7-19)10-6-18-4-3-11(10)13(15,16)17/h1-7H. The van der Waals surface area contributed by atoms with Gasteiger partial charge in [-0.2, -0.15) is 13.2 Å². The lowest BCUT2D eigenvalue weighted by Gasteiger charge is -2.12. The Labute approximate surface area is 105 Å². The zero-order valence-corrected chi connectivity index (χ0v) is 9.41. The average Bonchev–Trinajstić information content (AvgIpc) is 2.37. The van der Waals surface area contributed by atoms with Crippen molar-refractivity contribution in [3.63, 3.8) is 0 Å².